The summed E-state index contributed by atoms with van der Waals surface area (Å²) in [6.45, 7) is 6.41. The number of hydrogen-bond acceptors (Lipinski definition) is 2. The second kappa shape index (κ2) is 13.1. The van der Waals surface area contributed by atoms with Crippen LogP contribution in [0.4, 0.5) is 4.39 Å². The van der Waals surface area contributed by atoms with Gasteiger partial charge < -0.3 is 16.0 Å². The Bertz CT molecular complexity index is 479. The molecule has 0 aliphatic heterocycles. The Balaban J connectivity index is 0.00000484. The molecule has 0 heterocycles. The summed E-state index contributed by atoms with van der Waals surface area (Å²) < 4.78 is 12.8. The molecule has 0 unspecified atom stereocenters. The van der Waals surface area contributed by atoms with Crippen LogP contribution in [0.5, 0.6) is 0 Å². The van der Waals surface area contributed by atoms with Crippen LogP contribution in [0.3, 0.4) is 0 Å². The summed E-state index contributed by atoms with van der Waals surface area (Å²) in [7, 11) is 0. The van der Waals surface area contributed by atoms with E-state index in [1.807, 2.05) is 13.8 Å². The second-order valence-electron chi connectivity index (χ2n) is 4.85. The van der Waals surface area contributed by atoms with Gasteiger partial charge in [-0.3, -0.25) is 4.79 Å². The monoisotopic (exact) mass is 436 g/mol. The lowest BCUT2D eigenvalue weighted by molar-refractivity contribution is -0.120. The van der Waals surface area contributed by atoms with E-state index in [9.17, 15) is 9.18 Å². The lowest BCUT2D eigenvalue weighted by Gasteiger charge is -2.11. The van der Waals surface area contributed by atoms with Gasteiger partial charge in [-0.15, -0.1) is 24.0 Å². The molecule has 7 heteroatoms. The molecule has 0 saturated heterocycles. The van der Waals surface area contributed by atoms with E-state index >= 15 is 0 Å². The predicted molar refractivity (Wildman–Crippen MR) is 103 cm³/mol. The first-order chi connectivity index (χ1) is 10.7. The maximum atomic E-state index is 12.8. The third-order valence-electron chi connectivity index (χ3n) is 2.89. The molecular formula is C16H26FIN4O. The number of carbonyl (C=O) groups is 1. The first-order valence-electron chi connectivity index (χ1n) is 7.69. The summed E-state index contributed by atoms with van der Waals surface area (Å²) >= 11 is 0. The SMILES string of the molecule is CCCNC(=O)CCNC(=NCc1ccc(F)cc1)NCC.I. The number of carbonyl (C=O) groups excluding carboxylic acids is 1. The van der Waals surface area contributed by atoms with E-state index in [-0.39, 0.29) is 35.7 Å². The van der Waals surface area contributed by atoms with Gasteiger partial charge in [0.1, 0.15) is 5.82 Å². The zero-order valence-corrected chi connectivity index (χ0v) is 16.0. The molecule has 0 fully saturated rings. The highest BCUT2D eigenvalue weighted by atomic mass is 127. The highest BCUT2D eigenvalue weighted by Crippen LogP contribution is 2.03. The Morgan fingerprint density at radius 2 is 1.78 bits per heavy atom. The highest BCUT2D eigenvalue weighted by Gasteiger charge is 2.02. The average molecular weight is 436 g/mol. The molecule has 0 aliphatic carbocycles. The van der Waals surface area contributed by atoms with Crippen molar-refractivity contribution in [3.63, 3.8) is 0 Å². The Hall–Kier alpha value is -1.38. The molecule has 0 aromatic heterocycles. The van der Waals surface area contributed by atoms with E-state index in [0.29, 0.717) is 32.0 Å². The van der Waals surface area contributed by atoms with Crippen molar-refractivity contribution >= 4 is 35.8 Å². The number of nitrogens with one attached hydrogen (secondary N) is 3. The van der Waals surface area contributed by atoms with Crippen LogP contribution < -0.4 is 16.0 Å². The molecule has 1 rings (SSSR count). The number of rotatable bonds is 8. The van der Waals surface area contributed by atoms with Gasteiger partial charge in [-0.1, -0.05) is 19.1 Å². The van der Waals surface area contributed by atoms with Gasteiger partial charge in [-0.2, -0.15) is 0 Å². The third-order valence-corrected chi connectivity index (χ3v) is 2.89. The van der Waals surface area contributed by atoms with Crippen molar-refractivity contribution in [3.8, 4) is 0 Å². The minimum Gasteiger partial charge on any atom is -0.357 e. The van der Waals surface area contributed by atoms with Gasteiger partial charge in [-0.25, -0.2) is 9.38 Å². The molecule has 130 valence electrons. The Labute approximate surface area is 154 Å². The zero-order chi connectivity index (χ0) is 16.2. The lowest BCUT2D eigenvalue weighted by atomic mass is 10.2. The van der Waals surface area contributed by atoms with Gasteiger partial charge in [0.2, 0.25) is 5.91 Å². The van der Waals surface area contributed by atoms with Gasteiger partial charge >= 0.3 is 0 Å². The maximum absolute atomic E-state index is 12.8. The fourth-order valence-corrected chi connectivity index (χ4v) is 1.75. The molecule has 0 spiro atoms. The van der Waals surface area contributed by atoms with Gasteiger partial charge in [0.05, 0.1) is 6.54 Å². The first-order valence-corrected chi connectivity index (χ1v) is 7.69. The third kappa shape index (κ3) is 10.1. The Kier molecular flexibility index (Phi) is 12.3. The van der Waals surface area contributed by atoms with E-state index in [4.69, 9.17) is 0 Å². The van der Waals surface area contributed by atoms with E-state index in [0.717, 1.165) is 18.5 Å². The summed E-state index contributed by atoms with van der Waals surface area (Å²) in [5.41, 5.74) is 0.930. The maximum Gasteiger partial charge on any atom is 0.221 e. The largest absolute Gasteiger partial charge is 0.357 e. The van der Waals surface area contributed by atoms with Gasteiger partial charge in [0, 0.05) is 26.1 Å². The van der Waals surface area contributed by atoms with Crippen molar-refractivity contribution < 1.29 is 9.18 Å². The molecule has 0 saturated carbocycles. The summed E-state index contributed by atoms with van der Waals surface area (Å²) in [5.74, 6) is 0.426. The van der Waals surface area contributed by atoms with Crippen molar-refractivity contribution in [2.75, 3.05) is 19.6 Å². The number of hydrogen-bond donors (Lipinski definition) is 3. The number of nitrogens with zero attached hydrogens (tertiary/aromatic N) is 1. The molecule has 0 bridgehead atoms. The van der Waals surface area contributed by atoms with Crippen molar-refractivity contribution in [3.05, 3.63) is 35.6 Å². The van der Waals surface area contributed by atoms with E-state index in [1.54, 1.807) is 12.1 Å². The molecule has 23 heavy (non-hydrogen) atoms. The first kappa shape index (κ1) is 21.6. The fourth-order valence-electron chi connectivity index (χ4n) is 1.75. The van der Waals surface area contributed by atoms with Crippen LogP contribution in [0.1, 0.15) is 32.3 Å². The predicted octanol–water partition coefficient (Wildman–Crippen LogP) is 2.42. The minimum absolute atomic E-state index is 0. The molecule has 0 aliphatic rings. The molecule has 0 radical (unpaired) electrons. The number of benzene rings is 1. The smallest absolute Gasteiger partial charge is 0.221 e. The summed E-state index contributed by atoms with van der Waals surface area (Å²) in [6.07, 6.45) is 1.34. The molecule has 0 atom stereocenters. The molecule has 1 aromatic carbocycles. The van der Waals surface area contributed by atoms with Crippen molar-refractivity contribution in [2.24, 2.45) is 4.99 Å². The van der Waals surface area contributed by atoms with E-state index < -0.39 is 0 Å². The van der Waals surface area contributed by atoms with Crippen LogP contribution in [0, 0.1) is 5.82 Å². The summed E-state index contributed by atoms with van der Waals surface area (Å²) in [5, 5.41) is 9.05. The van der Waals surface area contributed by atoms with Crippen LogP contribution >= 0.6 is 24.0 Å². The Morgan fingerprint density at radius 1 is 1.09 bits per heavy atom. The van der Waals surface area contributed by atoms with Crippen LogP contribution in [-0.2, 0) is 11.3 Å². The van der Waals surface area contributed by atoms with Crippen LogP contribution in [0.15, 0.2) is 29.3 Å². The van der Waals surface area contributed by atoms with Crippen LogP contribution in [0.2, 0.25) is 0 Å². The van der Waals surface area contributed by atoms with Gasteiger partial charge in [-0.05, 0) is 31.0 Å². The minimum atomic E-state index is -0.254. The van der Waals surface area contributed by atoms with Crippen molar-refractivity contribution in [2.45, 2.75) is 33.2 Å². The average Bonchev–Trinajstić information content (AvgIpc) is 2.52. The number of amides is 1. The topological polar surface area (TPSA) is 65.5 Å². The lowest BCUT2D eigenvalue weighted by Crippen LogP contribution is -2.39. The van der Waals surface area contributed by atoms with Crippen molar-refractivity contribution in [1.29, 1.82) is 0 Å². The summed E-state index contributed by atoms with van der Waals surface area (Å²) in [6, 6.07) is 6.26. The quantitative estimate of drug-likeness (QED) is 0.333. The molecule has 3 N–H and O–H groups in total. The molecule has 1 aromatic rings. The van der Waals surface area contributed by atoms with Gasteiger partial charge in [0.25, 0.3) is 0 Å². The standard InChI is InChI=1S/C16H25FN4O.HI/c1-3-10-19-15(22)9-11-20-16(18-4-2)21-12-13-5-7-14(17)8-6-13;/h5-8H,3-4,9-12H2,1-2H3,(H,19,22)(H2,18,20,21);1H. The fraction of sp³-hybridized carbons (Fsp3) is 0.500. The zero-order valence-electron chi connectivity index (χ0n) is 13.7. The Morgan fingerprint density at radius 3 is 2.39 bits per heavy atom. The number of halogens is 2. The van der Waals surface area contributed by atoms with Gasteiger partial charge in [0.15, 0.2) is 5.96 Å². The van der Waals surface area contributed by atoms with Crippen LogP contribution in [0.25, 0.3) is 0 Å². The normalized spacial score (nSPS) is 10.7. The van der Waals surface area contributed by atoms with E-state index in [1.165, 1.54) is 12.1 Å². The molecule has 5 nitrogen and oxygen atoms in total. The molecular weight excluding hydrogens is 410 g/mol. The molecule has 1 amide bonds. The number of aliphatic imine (C=N–C) groups is 1. The highest BCUT2D eigenvalue weighted by molar-refractivity contribution is 14.0. The van der Waals surface area contributed by atoms with E-state index in [2.05, 4.69) is 20.9 Å². The summed E-state index contributed by atoms with van der Waals surface area (Å²) in [4.78, 5) is 15.9. The van der Waals surface area contributed by atoms with Crippen molar-refractivity contribution in [1.82, 2.24) is 16.0 Å². The number of guanidine groups is 1. The van der Waals surface area contributed by atoms with Crippen LogP contribution in [-0.4, -0.2) is 31.5 Å². The second-order valence-corrected chi connectivity index (χ2v) is 4.85.